The summed E-state index contributed by atoms with van der Waals surface area (Å²) in [4.78, 5) is 3.85. The van der Waals surface area contributed by atoms with Crippen molar-refractivity contribution in [1.82, 2.24) is 9.55 Å². The average Bonchev–Trinajstić information content (AvgIpc) is 2.82. The maximum Gasteiger partial charge on any atom is 0.176 e. The van der Waals surface area contributed by atoms with Gasteiger partial charge in [0.2, 0.25) is 0 Å². The number of aromatic nitrogens is 2. The topological polar surface area (TPSA) is 85.6 Å². The van der Waals surface area contributed by atoms with E-state index in [-0.39, 0.29) is 17.4 Å². The van der Waals surface area contributed by atoms with Crippen LogP contribution in [0.2, 0.25) is 0 Å². The summed E-state index contributed by atoms with van der Waals surface area (Å²) in [6.45, 7) is 0. The number of imidazole rings is 1. The first-order valence-electron chi connectivity index (χ1n) is 4.83. The number of hydrogen-bond acceptors (Lipinski definition) is 4. The second-order valence-electron chi connectivity index (χ2n) is 3.64. The Kier molecular flexibility index (Phi) is 2.40. The fourth-order valence-electron chi connectivity index (χ4n) is 2.05. The Hall–Kier alpha value is -1.85. The minimum Gasteiger partial charge on any atom is -0.391 e. The van der Waals surface area contributed by atoms with Crippen molar-refractivity contribution in [2.24, 2.45) is 0 Å². The van der Waals surface area contributed by atoms with Crippen LogP contribution >= 0.6 is 0 Å². The molecule has 15 heavy (non-hydrogen) atoms. The van der Waals surface area contributed by atoms with Gasteiger partial charge in [-0.2, -0.15) is 10.5 Å². The Bertz CT molecular complexity index is 451. The molecule has 1 N–H and O–H groups in total. The summed E-state index contributed by atoms with van der Waals surface area (Å²) >= 11 is 0. The Morgan fingerprint density at radius 1 is 1.40 bits per heavy atom. The van der Waals surface area contributed by atoms with Crippen LogP contribution in [0.4, 0.5) is 0 Å². The SMILES string of the molecule is N#Cc1ncn(C2CCCC2O)c1C#N. The van der Waals surface area contributed by atoms with E-state index in [0.717, 1.165) is 19.3 Å². The van der Waals surface area contributed by atoms with Crippen molar-refractivity contribution in [3.05, 3.63) is 17.7 Å². The largest absolute Gasteiger partial charge is 0.391 e. The molecule has 0 aliphatic heterocycles. The van der Waals surface area contributed by atoms with E-state index in [0.29, 0.717) is 0 Å². The Morgan fingerprint density at radius 2 is 2.20 bits per heavy atom. The number of aliphatic hydroxyl groups is 1. The number of aliphatic hydroxyl groups excluding tert-OH is 1. The third-order valence-electron chi connectivity index (χ3n) is 2.81. The minimum atomic E-state index is -0.433. The van der Waals surface area contributed by atoms with Crippen LogP contribution in [0.3, 0.4) is 0 Å². The summed E-state index contributed by atoms with van der Waals surface area (Å²) in [5.41, 5.74) is 0.389. The highest BCUT2D eigenvalue weighted by molar-refractivity contribution is 5.36. The van der Waals surface area contributed by atoms with Crippen molar-refractivity contribution in [3.8, 4) is 12.1 Å². The van der Waals surface area contributed by atoms with E-state index in [2.05, 4.69) is 4.98 Å². The molecule has 0 amide bonds. The minimum absolute atomic E-state index is 0.103. The lowest BCUT2D eigenvalue weighted by molar-refractivity contribution is 0.136. The van der Waals surface area contributed by atoms with Gasteiger partial charge < -0.3 is 9.67 Å². The van der Waals surface area contributed by atoms with Crippen LogP contribution in [-0.2, 0) is 0 Å². The molecular weight excluding hydrogens is 192 g/mol. The highest BCUT2D eigenvalue weighted by atomic mass is 16.3. The van der Waals surface area contributed by atoms with Crippen LogP contribution in [0.1, 0.15) is 36.7 Å². The van der Waals surface area contributed by atoms with E-state index in [1.54, 1.807) is 4.57 Å². The lowest BCUT2D eigenvalue weighted by atomic mass is 10.2. The molecule has 1 fully saturated rings. The highest BCUT2D eigenvalue weighted by Crippen LogP contribution is 2.31. The molecule has 1 aromatic heterocycles. The molecule has 76 valence electrons. The predicted molar refractivity (Wildman–Crippen MR) is 50.6 cm³/mol. The van der Waals surface area contributed by atoms with Gasteiger partial charge in [0.25, 0.3) is 0 Å². The number of hydrogen-bond donors (Lipinski definition) is 1. The van der Waals surface area contributed by atoms with Gasteiger partial charge in [-0.3, -0.25) is 0 Å². The van der Waals surface area contributed by atoms with Gasteiger partial charge in [-0.05, 0) is 19.3 Å². The molecule has 2 rings (SSSR count). The van der Waals surface area contributed by atoms with E-state index in [9.17, 15) is 5.11 Å². The Balaban J connectivity index is 2.41. The molecule has 1 aliphatic rings. The zero-order valence-corrected chi connectivity index (χ0v) is 8.09. The second-order valence-corrected chi connectivity index (χ2v) is 3.64. The molecule has 0 radical (unpaired) electrons. The summed E-state index contributed by atoms with van der Waals surface area (Å²) in [7, 11) is 0. The summed E-state index contributed by atoms with van der Waals surface area (Å²) in [6, 6.07) is 3.73. The maximum absolute atomic E-state index is 9.70. The molecule has 1 aromatic rings. The normalized spacial score (nSPS) is 24.7. The predicted octanol–water partition coefficient (Wildman–Crippen LogP) is 0.712. The van der Waals surface area contributed by atoms with E-state index in [1.807, 2.05) is 12.1 Å². The van der Waals surface area contributed by atoms with Gasteiger partial charge >= 0.3 is 0 Å². The quantitative estimate of drug-likeness (QED) is 0.726. The molecule has 0 spiro atoms. The highest BCUT2D eigenvalue weighted by Gasteiger charge is 2.29. The van der Waals surface area contributed by atoms with Crippen LogP contribution in [-0.4, -0.2) is 20.8 Å². The number of nitrogens with zero attached hydrogens (tertiary/aromatic N) is 4. The molecule has 5 nitrogen and oxygen atoms in total. The molecule has 2 unspecified atom stereocenters. The first-order valence-corrected chi connectivity index (χ1v) is 4.83. The first kappa shape index (κ1) is 9.70. The zero-order chi connectivity index (χ0) is 10.8. The average molecular weight is 202 g/mol. The van der Waals surface area contributed by atoms with Gasteiger partial charge in [0.05, 0.1) is 18.5 Å². The van der Waals surface area contributed by atoms with Crippen molar-refractivity contribution in [2.75, 3.05) is 0 Å². The molecule has 2 atom stereocenters. The van der Waals surface area contributed by atoms with Crippen LogP contribution in [0.15, 0.2) is 6.33 Å². The van der Waals surface area contributed by atoms with E-state index >= 15 is 0 Å². The van der Waals surface area contributed by atoms with Gasteiger partial charge in [-0.15, -0.1) is 0 Å². The Morgan fingerprint density at radius 3 is 2.73 bits per heavy atom. The molecular formula is C10H10N4O. The van der Waals surface area contributed by atoms with Gasteiger partial charge in [0, 0.05) is 0 Å². The molecule has 1 aliphatic carbocycles. The van der Waals surface area contributed by atoms with Crippen molar-refractivity contribution in [1.29, 1.82) is 10.5 Å². The summed E-state index contributed by atoms with van der Waals surface area (Å²) in [5, 5.41) is 27.4. The van der Waals surface area contributed by atoms with E-state index in [4.69, 9.17) is 10.5 Å². The molecule has 5 heteroatoms. The van der Waals surface area contributed by atoms with Crippen molar-refractivity contribution in [2.45, 2.75) is 31.4 Å². The summed E-state index contributed by atoms with van der Waals surface area (Å²) in [6.07, 6.45) is 3.55. The smallest absolute Gasteiger partial charge is 0.176 e. The lowest BCUT2D eigenvalue weighted by Crippen LogP contribution is -2.18. The van der Waals surface area contributed by atoms with E-state index < -0.39 is 6.10 Å². The van der Waals surface area contributed by atoms with Gasteiger partial charge in [0.15, 0.2) is 11.4 Å². The van der Waals surface area contributed by atoms with Crippen LogP contribution in [0.5, 0.6) is 0 Å². The standard InChI is InChI=1S/C10H10N4O/c11-4-7-9(5-12)14(6-13-7)8-2-1-3-10(8)15/h6,8,10,15H,1-3H2. The zero-order valence-electron chi connectivity index (χ0n) is 8.09. The van der Waals surface area contributed by atoms with Gasteiger partial charge in [-0.25, -0.2) is 4.98 Å². The molecule has 0 bridgehead atoms. The van der Waals surface area contributed by atoms with Crippen molar-refractivity contribution < 1.29 is 5.11 Å². The van der Waals surface area contributed by atoms with Crippen LogP contribution in [0.25, 0.3) is 0 Å². The molecule has 1 saturated carbocycles. The van der Waals surface area contributed by atoms with E-state index in [1.165, 1.54) is 6.33 Å². The Labute approximate surface area is 87.2 Å². The third-order valence-corrected chi connectivity index (χ3v) is 2.81. The fourth-order valence-corrected chi connectivity index (χ4v) is 2.05. The number of rotatable bonds is 1. The first-order chi connectivity index (χ1) is 7.27. The second kappa shape index (κ2) is 3.72. The molecule has 1 heterocycles. The monoisotopic (exact) mass is 202 g/mol. The van der Waals surface area contributed by atoms with Crippen molar-refractivity contribution >= 4 is 0 Å². The lowest BCUT2D eigenvalue weighted by Gasteiger charge is -2.16. The van der Waals surface area contributed by atoms with Crippen LogP contribution in [0, 0.1) is 22.7 Å². The fraction of sp³-hybridized carbons (Fsp3) is 0.500. The summed E-state index contributed by atoms with van der Waals surface area (Å²) < 4.78 is 1.62. The van der Waals surface area contributed by atoms with Gasteiger partial charge in [-0.1, -0.05) is 0 Å². The van der Waals surface area contributed by atoms with Gasteiger partial charge in [0.1, 0.15) is 12.1 Å². The van der Waals surface area contributed by atoms with Crippen molar-refractivity contribution in [3.63, 3.8) is 0 Å². The number of nitriles is 2. The molecule has 0 aromatic carbocycles. The summed E-state index contributed by atoms with van der Waals surface area (Å²) in [5.74, 6) is 0. The van der Waals surface area contributed by atoms with Crippen LogP contribution < -0.4 is 0 Å². The third kappa shape index (κ3) is 1.47. The molecule has 0 saturated heterocycles. The maximum atomic E-state index is 9.70.